The van der Waals surface area contributed by atoms with E-state index in [1.54, 1.807) is 0 Å². The van der Waals surface area contributed by atoms with Crippen molar-refractivity contribution in [1.29, 1.82) is 0 Å². The molecule has 1 rings (SSSR count). The van der Waals surface area contributed by atoms with Crippen LogP contribution in [-0.2, 0) is 15.1 Å². The minimum atomic E-state index is -4.67. The fraction of sp³-hybridized carbons (Fsp3) is 1.00. The summed E-state index contributed by atoms with van der Waals surface area (Å²) < 4.78 is 36.4. The Morgan fingerprint density at radius 3 is 1.82 bits per heavy atom. The Morgan fingerprint density at radius 2 is 1.47 bits per heavy atom. The van der Waals surface area contributed by atoms with Gasteiger partial charge in [0.2, 0.25) is 0 Å². The summed E-state index contributed by atoms with van der Waals surface area (Å²) in [5.74, 6) is 0. The zero-order chi connectivity index (χ0) is 13.8. The molecule has 5 atom stereocenters. The van der Waals surface area contributed by atoms with E-state index in [0.717, 1.165) is 0 Å². The Labute approximate surface area is 96.8 Å². The van der Waals surface area contributed by atoms with Crippen LogP contribution in [0, 0.1) is 0 Å². The predicted octanol–water partition coefficient (Wildman–Crippen LogP) is -3.91. The first-order valence-electron chi connectivity index (χ1n) is 4.34. The maximum Gasteiger partial charge on any atom is 0.394 e. The molecule has 0 bridgehead atoms. The lowest BCUT2D eigenvalue weighted by Gasteiger charge is -2.38. The van der Waals surface area contributed by atoms with E-state index in [1.807, 2.05) is 0 Å². The highest BCUT2D eigenvalue weighted by molar-refractivity contribution is 7.79. The van der Waals surface area contributed by atoms with E-state index in [4.69, 9.17) is 43.3 Å². The Morgan fingerprint density at radius 1 is 1.06 bits per heavy atom. The number of nitrogens with two attached hydrogens (primary N) is 1. The molecule has 0 saturated carbocycles. The topological polar surface area (TPSA) is 191 Å². The molecule has 0 amide bonds. The molecule has 1 aliphatic heterocycles. The van der Waals surface area contributed by atoms with Crippen molar-refractivity contribution in [3.05, 3.63) is 0 Å². The summed E-state index contributed by atoms with van der Waals surface area (Å²) in [4.78, 5) is 0. The van der Waals surface area contributed by atoms with Crippen LogP contribution in [0.3, 0.4) is 0 Å². The summed E-state index contributed by atoms with van der Waals surface area (Å²) in [5, 5.41) is 36.1. The molecular formula is C6H15NO9S. The molecule has 0 aromatic rings. The fourth-order valence-electron chi connectivity index (χ4n) is 1.13. The van der Waals surface area contributed by atoms with E-state index >= 15 is 0 Å². The van der Waals surface area contributed by atoms with Crippen molar-refractivity contribution >= 4 is 10.4 Å². The van der Waals surface area contributed by atoms with E-state index in [2.05, 4.69) is 0 Å². The average molecular weight is 277 g/mol. The summed E-state index contributed by atoms with van der Waals surface area (Å²) in [6.07, 6.45) is -5.99. The maximum absolute atomic E-state index is 9.18. The van der Waals surface area contributed by atoms with Crippen LogP contribution >= 0.6 is 0 Å². The lowest BCUT2D eigenvalue weighted by atomic mass is 9.99. The molecule has 0 radical (unpaired) electrons. The van der Waals surface area contributed by atoms with Crippen LogP contribution in [0.1, 0.15) is 0 Å². The highest BCUT2D eigenvalue weighted by Crippen LogP contribution is 2.17. The van der Waals surface area contributed by atoms with Gasteiger partial charge in [-0.25, -0.2) is 0 Å². The number of hydrogen-bond donors (Lipinski definition) is 7. The van der Waals surface area contributed by atoms with Crippen molar-refractivity contribution in [2.45, 2.75) is 30.6 Å². The van der Waals surface area contributed by atoms with Crippen LogP contribution in [-0.4, -0.2) is 75.2 Å². The van der Waals surface area contributed by atoms with Gasteiger partial charge in [0.25, 0.3) is 0 Å². The summed E-state index contributed by atoms with van der Waals surface area (Å²) in [6, 6.07) is 0. The van der Waals surface area contributed by atoms with E-state index in [9.17, 15) is 5.11 Å². The van der Waals surface area contributed by atoms with Crippen LogP contribution in [0.25, 0.3) is 0 Å². The Bertz CT molecular complexity index is 307. The second-order valence-corrected chi connectivity index (χ2v) is 4.14. The van der Waals surface area contributed by atoms with Crippen LogP contribution in [0.2, 0.25) is 0 Å². The van der Waals surface area contributed by atoms with Crippen molar-refractivity contribution in [3.8, 4) is 0 Å². The molecule has 0 aromatic carbocycles. The highest BCUT2D eigenvalue weighted by Gasteiger charge is 2.41. The van der Waals surface area contributed by atoms with Crippen molar-refractivity contribution in [2.24, 2.45) is 5.73 Å². The molecule has 1 unspecified atom stereocenters. The Kier molecular flexibility index (Phi) is 6.39. The molecular weight excluding hydrogens is 262 g/mol. The molecule has 17 heavy (non-hydrogen) atoms. The normalized spacial score (nSPS) is 38.2. The first-order valence-corrected chi connectivity index (χ1v) is 5.73. The van der Waals surface area contributed by atoms with Crippen LogP contribution in [0.5, 0.6) is 0 Å². The van der Waals surface area contributed by atoms with Crippen LogP contribution in [0.4, 0.5) is 0 Å². The smallest absolute Gasteiger partial charge is 0.394 e. The summed E-state index contributed by atoms with van der Waals surface area (Å²) >= 11 is 0. The minimum absolute atomic E-state index is 0.446. The molecule has 1 heterocycles. The summed E-state index contributed by atoms with van der Waals surface area (Å²) in [7, 11) is -4.67. The summed E-state index contributed by atoms with van der Waals surface area (Å²) in [5.41, 5.74) is 5.24. The zero-order valence-corrected chi connectivity index (χ0v) is 9.30. The number of aliphatic hydroxyl groups is 4. The second kappa shape index (κ2) is 6.53. The van der Waals surface area contributed by atoms with Gasteiger partial charge in [0.1, 0.15) is 30.6 Å². The molecule has 1 fully saturated rings. The Balaban J connectivity index is 0.000000437. The van der Waals surface area contributed by atoms with Crippen molar-refractivity contribution < 1.29 is 42.7 Å². The van der Waals surface area contributed by atoms with Crippen LogP contribution in [0.15, 0.2) is 0 Å². The minimum Gasteiger partial charge on any atom is -0.394 e. The molecule has 0 aromatic heterocycles. The van der Waals surface area contributed by atoms with E-state index < -0.39 is 47.6 Å². The van der Waals surface area contributed by atoms with Gasteiger partial charge >= 0.3 is 10.4 Å². The lowest BCUT2D eigenvalue weighted by Crippen LogP contribution is -2.61. The first-order chi connectivity index (χ1) is 7.57. The van der Waals surface area contributed by atoms with Crippen molar-refractivity contribution in [2.75, 3.05) is 6.61 Å². The molecule has 8 N–H and O–H groups in total. The molecule has 10 nitrogen and oxygen atoms in total. The predicted molar refractivity (Wildman–Crippen MR) is 52.1 cm³/mol. The molecule has 0 aliphatic carbocycles. The van der Waals surface area contributed by atoms with Gasteiger partial charge in [0.05, 0.1) is 6.61 Å². The van der Waals surface area contributed by atoms with Gasteiger partial charge in [-0.15, -0.1) is 0 Å². The van der Waals surface area contributed by atoms with Gasteiger partial charge in [-0.05, 0) is 0 Å². The Hall–Kier alpha value is -0.370. The van der Waals surface area contributed by atoms with E-state index in [1.165, 1.54) is 0 Å². The molecule has 104 valence electrons. The second-order valence-electron chi connectivity index (χ2n) is 3.24. The van der Waals surface area contributed by atoms with Gasteiger partial charge < -0.3 is 30.9 Å². The van der Waals surface area contributed by atoms with E-state index in [0.29, 0.717) is 0 Å². The SMILES string of the molecule is NC1O[C@H](CO)[C@@H](O)[C@H](O)[C@H]1O.O=S(=O)(O)O. The number of rotatable bonds is 1. The average Bonchev–Trinajstić information content (AvgIpc) is 2.18. The molecule has 1 aliphatic rings. The molecule has 0 spiro atoms. The van der Waals surface area contributed by atoms with Gasteiger partial charge in [-0.2, -0.15) is 8.42 Å². The molecule has 1 saturated heterocycles. The van der Waals surface area contributed by atoms with Gasteiger partial charge in [-0.1, -0.05) is 0 Å². The zero-order valence-electron chi connectivity index (χ0n) is 8.49. The van der Waals surface area contributed by atoms with Crippen LogP contribution < -0.4 is 5.73 Å². The number of hydrogen-bond acceptors (Lipinski definition) is 8. The fourth-order valence-corrected chi connectivity index (χ4v) is 1.13. The first kappa shape index (κ1) is 16.6. The van der Waals surface area contributed by atoms with Crippen molar-refractivity contribution in [3.63, 3.8) is 0 Å². The third kappa shape index (κ3) is 6.21. The third-order valence-corrected chi connectivity index (χ3v) is 1.93. The van der Waals surface area contributed by atoms with Gasteiger partial charge in [0.15, 0.2) is 0 Å². The quantitative estimate of drug-likeness (QED) is 0.233. The highest BCUT2D eigenvalue weighted by atomic mass is 32.3. The largest absolute Gasteiger partial charge is 0.394 e. The van der Waals surface area contributed by atoms with Gasteiger partial charge in [-0.3, -0.25) is 9.11 Å². The number of ether oxygens (including phenoxy) is 1. The number of aliphatic hydroxyl groups excluding tert-OH is 4. The van der Waals surface area contributed by atoms with E-state index in [-0.39, 0.29) is 0 Å². The summed E-state index contributed by atoms with van der Waals surface area (Å²) in [6.45, 7) is -0.446. The van der Waals surface area contributed by atoms with Gasteiger partial charge in [0, 0.05) is 0 Å². The lowest BCUT2D eigenvalue weighted by molar-refractivity contribution is -0.227. The monoisotopic (exact) mass is 277 g/mol. The van der Waals surface area contributed by atoms with Crippen molar-refractivity contribution in [1.82, 2.24) is 0 Å². The maximum atomic E-state index is 9.18. The standard InChI is InChI=1S/C6H13NO5.H2O4S/c7-6-5(11)4(10)3(9)2(1-8)12-6;1-5(2,3)4/h2-6,8-11H,1,7H2;(H2,1,2,3,4)/t2-,3-,4+,5-,6?;/m1./s1. The third-order valence-electron chi connectivity index (χ3n) is 1.93. The molecule has 11 heteroatoms.